The fraction of sp³-hybridized carbons (Fsp3) is 0.231. The summed E-state index contributed by atoms with van der Waals surface area (Å²) in [6.45, 7) is 8.32. The zero-order valence-electron chi connectivity index (χ0n) is 9.36. The molecule has 2 atom stereocenters. The van der Waals surface area contributed by atoms with Gasteiger partial charge in [-0.3, -0.25) is 0 Å². The van der Waals surface area contributed by atoms with Gasteiger partial charge in [-0.05, 0) is 29.0 Å². The number of aromatic hydroxyl groups is 1. The smallest absolute Gasteiger partial charge is 0.508 e. The van der Waals surface area contributed by atoms with Crippen LogP contribution in [-0.2, 0) is 5.41 Å². The summed E-state index contributed by atoms with van der Waals surface area (Å²) in [4.78, 5) is 0. The van der Waals surface area contributed by atoms with E-state index >= 15 is 0 Å². The van der Waals surface area contributed by atoms with Gasteiger partial charge in [-0.25, -0.2) is 0 Å². The Hall–Kier alpha value is 0.616. The van der Waals surface area contributed by atoms with E-state index in [1.165, 1.54) is 10.3 Å². The first kappa shape index (κ1) is 13.1. The second-order valence-electron chi connectivity index (χ2n) is 4.39. The predicted octanol–water partition coefficient (Wildman–Crippen LogP) is 0.537. The molecule has 1 nitrogen and oxygen atoms in total. The summed E-state index contributed by atoms with van der Waals surface area (Å²) in [5.74, 6) is 0.740. The van der Waals surface area contributed by atoms with Gasteiger partial charge in [0.05, 0.1) is 0 Å². The predicted molar refractivity (Wildman–Crippen MR) is 64.0 cm³/mol. The number of phenolic OH excluding ortho intramolecular Hbond substituents is 1. The Labute approximate surface area is 142 Å². The van der Waals surface area contributed by atoms with E-state index in [0.717, 1.165) is 11.8 Å². The van der Waals surface area contributed by atoms with Crippen LogP contribution in [-0.4, -0.2) is 5.11 Å². The SMILES string of the molecule is [CH2-]C1CC1([CH2-])c1csc2ccc(O)cc12.[K+]. The second kappa shape index (κ2) is 4.37. The Bertz CT molecular complexity index is 534. The van der Waals surface area contributed by atoms with Crippen molar-refractivity contribution in [3.05, 3.63) is 43.0 Å². The number of hydrogen-bond donors (Lipinski definition) is 1. The fourth-order valence-corrected chi connectivity index (χ4v) is 3.16. The molecule has 78 valence electrons. The van der Waals surface area contributed by atoms with Crippen LogP contribution in [0.25, 0.3) is 10.1 Å². The van der Waals surface area contributed by atoms with Crippen molar-refractivity contribution in [1.82, 2.24) is 0 Å². The number of phenols is 1. The molecule has 0 spiro atoms. The Morgan fingerprint density at radius 3 is 2.75 bits per heavy atom. The third kappa shape index (κ3) is 1.92. The van der Waals surface area contributed by atoms with E-state index in [4.69, 9.17) is 0 Å². The molecule has 0 amide bonds. The van der Waals surface area contributed by atoms with Crippen LogP contribution in [0.3, 0.4) is 0 Å². The molecule has 1 aliphatic rings. The average molecular weight is 255 g/mol. The molecule has 1 saturated carbocycles. The van der Waals surface area contributed by atoms with E-state index < -0.39 is 0 Å². The van der Waals surface area contributed by atoms with Gasteiger partial charge in [-0.15, -0.1) is 11.3 Å². The maximum absolute atomic E-state index is 9.49. The van der Waals surface area contributed by atoms with E-state index in [-0.39, 0.29) is 56.8 Å². The maximum Gasteiger partial charge on any atom is 1.00 e. The zero-order chi connectivity index (χ0) is 10.6. The molecule has 1 N–H and O–H groups in total. The molecule has 2 unspecified atom stereocenters. The fourth-order valence-electron chi connectivity index (χ4n) is 2.11. The van der Waals surface area contributed by atoms with Crippen molar-refractivity contribution < 1.29 is 56.5 Å². The summed E-state index contributed by atoms with van der Waals surface area (Å²) < 4.78 is 1.21. The standard InChI is InChI=1S/C13H12OS.K/c1-8-6-13(8,2)11-7-15-12-4-3-9(14)5-10(11)12;/h3-5,7-8,14H,1-2,6H2;/q-2;+1. The van der Waals surface area contributed by atoms with Crippen molar-refractivity contribution in [2.75, 3.05) is 0 Å². The summed E-state index contributed by atoms with van der Waals surface area (Å²) in [5, 5.41) is 12.8. The summed E-state index contributed by atoms with van der Waals surface area (Å²) in [5.41, 5.74) is 1.24. The third-order valence-corrected chi connectivity index (χ3v) is 4.29. The molecular formula is C13H12KOS-. The van der Waals surface area contributed by atoms with Gasteiger partial charge in [0, 0.05) is 4.70 Å². The number of fused-ring (bicyclic) bond motifs is 1. The monoisotopic (exact) mass is 255 g/mol. The minimum atomic E-state index is -0.00789. The summed E-state index contributed by atoms with van der Waals surface area (Å²) in [6, 6.07) is 5.52. The van der Waals surface area contributed by atoms with Crippen molar-refractivity contribution in [3.8, 4) is 5.75 Å². The summed E-state index contributed by atoms with van der Waals surface area (Å²) in [6.07, 6.45) is 1.05. The van der Waals surface area contributed by atoms with Gasteiger partial charge in [0.2, 0.25) is 0 Å². The molecular weight excluding hydrogens is 243 g/mol. The molecule has 1 aromatic carbocycles. The van der Waals surface area contributed by atoms with Gasteiger partial charge < -0.3 is 19.0 Å². The van der Waals surface area contributed by atoms with Crippen LogP contribution in [0.5, 0.6) is 5.75 Å². The van der Waals surface area contributed by atoms with Gasteiger partial charge >= 0.3 is 51.4 Å². The number of thiophene rings is 1. The van der Waals surface area contributed by atoms with Gasteiger partial charge in [0.1, 0.15) is 5.75 Å². The van der Waals surface area contributed by atoms with Crippen molar-refractivity contribution in [3.63, 3.8) is 0 Å². The molecule has 3 heteroatoms. The average Bonchev–Trinajstić information content (AvgIpc) is 2.62. The first-order chi connectivity index (χ1) is 7.11. The van der Waals surface area contributed by atoms with E-state index in [1.807, 2.05) is 12.1 Å². The van der Waals surface area contributed by atoms with Crippen LogP contribution in [0.15, 0.2) is 23.6 Å². The topological polar surface area (TPSA) is 20.2 Å². The van der Waals surface area contributed by atoms with Gasteiger partial charge in [0.15, 0.2) is 0 Å². The number of benzene rings is 1. The molecule has 2 aromatic rings. The van der Waals surface area contributed by atoms with Crippen LogP contribution in [0.2, 0.25) is 0 Å². The van der Waals surface area contributed by atoms with Crippen LogP contribution >= 0.6 is 11.3 Å². The first-order valence-electron chi connectivity index (χ1n) is 5.00. The largest absolute Gasteiger partial charge is 1.00 e. The Morgan fingerprint density at radius 1 is 1.44 bits per heavy atom. The maximum atomic E-state index is 9.49. The molecule has 1 aliphatic carbocycles. The van der Waals surface area contributed by atoms with Crippen LogP contribution in [0.4, 0.5) is 0 Å². The van der Waals surface area contributed by atoms with Gasteiger partial charge in [-0.1, -0.05) is 12.0 Å². The van der Waals surface area contributed by atoms with Crippen LogP contribution in [0, 0.1) is 19.8 Å². The Balaban J connectivity index is 0.000000963. The van der Waals surface area contributed by atoms with Crippen molar-refractivity contribution in [2.45, 2.75) is 11.8 Å². The minimum absolute atomic E-state index is 0. The number of rotatable bonds is 1. The first-order valence-corrected chi connectivity index (χ1v) is 5.88. The van der Waals surface area contributed by atoms with E-state index in [1.54, 1.807) is 17.4 Å². The molecule has 3 rings (SSSR count). The van der Waals surface area contributed by atoms with E-state index in [2.05, 4.69) is 19.2 Å². The minimum Gasteiger partial charge on any atom is -0.508 e. The quantitative estimate of drug-likeness (QED) is 0.582. The van der Waals surface area contributed by atoms with Crippen LogP contribution < -0.4 is 51.4 Å². The molecule has 0 aliphatic heterocycles. The Morgan fingerprint density at radius 2 is 2.12 bits per heavy atom. The molecule has 0 bridgehead atoms. The Kier molecular flexibility index (Phi) is 3.57. The molecule has 0 radical (unpaired) electrons. The van der Waals surface area contributed by atoms with Crippen molar-refractivity contribution in [1.29, 1.82) is 0 Å². The van der Waals surface area contributed by atoms with E-state index in [0.29, 0.717) is 11.7 Å². The third-order valence-electron chi connectivity index (χ3n) is 3.33. The van der Waals surface area contributed by atoms with Crippen LogP contribution in [0.1, 0.15) is 12.0 Å². The molecule has 1 fully saturated rings. The van der Waals surface area contributed by atoms with Crippen molar-refractivity contribution in [2.24, 2.45) is 5.92 Å². The normalized spacial score (nSPS) is 27.8. The van der Waals surface area contributed by atoms with Gasteiger partial charge in [0.25, 0.3) is 0 Å². The molecule has 1 aromatic heterocycles. The van der Waals surface area contributed by atoms with Gasteiger partial charge in [-0.2, -0.15) is 11.3 Å². The molecule has 1 heterocycles. The number of hydrogen-bond acceptors (Lipinski definition) is 2. The second-order valence-corrected chi connectivity index (χ2v) is 5.30. The molecule has 0 saturated heterocycles. The van der Waals surface area contributed by atoms with Crippen molar-refractivity contribution >= 4 is 21.4 Å². The molecule has 16 heavy (non-hydrogen) atoms. The summed E-state index contributed by atoms with van der Waals surface area (Å²) >= 11 is 1.71. The zero-order valence-corrected chi connectivity index (χ0v) is 13.3. The summed E-state index contributed by atoms with van der Waals surface area (Å²) in [7, 11) is 0. The van der Waals surface area contributed by atoms with E-state index in [9.17, 15) is 5.11 Å².